The summed E-state index contributed by atoms with van der Waals surface area (Å²) in [4.78, 5) is 15.6. The van der Waals surface area contributed by atoms with Crippen molar-refractivity contribution in [3.8, 4) is 0 Å². The fourth-order valence-electron chi connectivity index (χ4n) is 3.46. The number of fused-ring (bicyclic) bond motifs is 2. The molecule has 23 heavy (non-hydrogen) atoms. The summed E-state index contributed by atoms with van der Waals surface area (Å²) >= 11 is 0. The highest BCUT2D eigenvalue weighted by molar-refractivity contribution is 5.94. The van der Waals surface area contributed by atoms with Gasteiger partial charge in [0.25, 0.3) is 5.91 Å². The van der Waals surface area contributed by atoms with Gasteiger partial charge in [-0.3, -0.25) is 4.79 Å². The molecule has 0 spiro atoms. The number of hydrogen-bond acceptors (Lipinski definition) is 1. The maximum atomic E-state index is 12.3. The van der Waals surface area contributed by atoms with Crippen LogP contribution in [0.2, 0.25) is 0 Å². The van der Waals surface area contributed by atoms with Gasteiger partial charge < -0.3 is 10.3 Å². The fraction of sp³-hybridized carbons (Fsp3) is 0.250. The zero-order chi connectivity index (χ0) is 15.6. The molecule has 4 rings (SSSR count). The summed E-state index contributed by atoms with van der Waals surface area (Å²) in [6.07, 6.45) is 6.33. The monoisotopic (exact) mass is 304 g/mol. The van der Waals surface area contributed by atoms with Crippen LogP contribution in [0.1, 0.15) is 33.5 Å². The number of carbonyl (C=O) groups is 1. The van der Waals surface area contributed by atoms with Crippen LogP contribution < -0.4 is 5.32 Å². The molecule has 0 unspecified atom stereocenters. The molecule has 1 aliphatic rings. The molecule has 0 radical (unpaired) electrons. The number of nitrogens with one attached hydrogen (secondary N) is 2. The summed E-state index contributed by atoms with van der Waals surface area (Å²) < 4.78 is 0. The Morgan fingerprint density at radius 3 is 2.91 bits per heavy atom. The molecule has 1 amide bonds. The summed E-state index contributed by atoms with van der Waals surface area (Å²) in [6.45, 7) is 0.651. The van der Waals surface area contributed by atoms with E-state index < -0.39 is 0 Å². The van der Waals surface area contributed by atoms with E-state index in [-0.39, 0.29) is 5.91 Å². The number of aromatic amines is 1. The Labute approximate surface area is 135 Å². The van der Waals surface area contributed by atoms with Gasteiger partial charge in [0.1, 0.15) is 0 Å². The van der Waals surface area contributed by atoms with Crippen LogP contribution in [0.25, 0.3) is 10.9 Å². The number of aryl methyl sites for hydroxylation is 2. The smallest absolute Gasteiger partial charge is 0.251 e. The van der Waals surface area contributed by atoms with Crippen LogP contribution in [0.15, 0.2) is 48.7 Å². The van der Waals surface area contributed by atoms with Crippen LogP contribution in [0.3, 0.4) is 0 Å². The van der Waals surface area contributed by atoms with Gasteiger partial charge in [-0.05, 0) is 60.6 Å². The maximum Gasteiger partial charge on any atom is 0.251 e. The van der Waals surface area contributed by atoms with E-state index in [9.17, 15) is 4.79 Å². The third-order valence-corrected chi connectivity index (χ3v) is 4.72. The molecular weight excluding hydrogens is 284 g/mol. The Hall–Kier alpha value is -2.55. The van der Waals surface area contributed by atoms with Crippen LogP contribution in [0, 0.1) is 0 Å². The highest BCUT2D eigenvalue weighted by atomic mass is 16.1. The average molecular weight is 304 g/mol. The molecule has 116 valence electrons. The van der Waals surface area contributed by atoms with Crippen LogP contribution in [0.4, 0.5) is 0 Å². The Balaban J connectivity index is 1.40. The normalized spacial score (nSPS) is 13.2. The van der Waals surface area contributed by atoms with E-state index in [0.717, 1.165) is 30.3 Å². The second-order valence-electron chi connectivity index (χ2n) is 6.20. The number of amides is 1. The molecule has 0 fully saturated rings. The molecule has 3 nitrogen and oxygen atoms in total. The van der Waals surface area contributed by atoms with Gasteiger partial charge in [0.05, 0.1) is 0 Å². The van der Waals surface area contributed by atoms with E-state index in [1.54, 1.807) is 0 Å². The highest BCUT2D eigenvalue weighted by Gasteiger charge is 2.13. The standard InChI is InChI=1S/C20H20N2O/c23-20(16-9-8-14-4-3-5-15(14)12-16)21-11-10-17-13-22-19-7-2-1-6-18(17)19/h1-2,6-9,12-13,22H,3-5,10-11H2,(H,21,23). The lowest BCUT2D eigenvalue weighted by molar-refractivity contribution is 0.0954. The molecule has 0 saturated carbocycles. The predicted octanol–water partition coefficient (Wildman–Crippen LogP) is 3.63. The average Bonchev–Trinajstić information content (AvgIpc) is 3.21. The van der Waals surface area contributed by atoms with Gasteiger partial charge in [0, 0.05) is 29.2 Å². The van der Waals surface area contributed by atoms with Crippen molar-refractivity contribution in [2.75, 3.05) is 6.54 Å². The minimum Gasteiger partial charge on any atom is -0.361 e. The first-order chi connectivity index (χ1) is 11.3. The lowest BCUT2D eigenvalue weighted by Crippen LogP contribution is -2.25. The first-order valence-electron chi connectivity index (χ1n) is 8.26. The van der Waals surface area contributed by atoms with Gasteiger partial charge in [0.2, 0.25) is 0 Å². The van der Waals surface area contributed by atoms with Crippen LogP contribution in [0.5, 0.6) is 0 Å². The van der Waals surface area contributed by atoms with Crippen LogP contribution in [-0.4, -0.2) is 17.4 Å². The van der Waals surface area contributed by atoms with Crippen LogP contribution >= 0.6 is 0 Å². The molecule has 0 saturated heterocycles. The van der Waals surface area contributed by atoms with Gasteiger partial charge in [-0.2, -0.15) is 0 Å². The first kappa shape index (κ1) is 14.1. The lowest BCUT2D eigenvalue weighted by Gasteiger charge is -2.07. The first-order valence-corrected chi connectivity index (χ1v) is 8.26. The van der Waals surface area contributed by atoms with E-state index in [0.29, 0.717) is 6.54 Å². The zero-order valence-electron chi connectivity index (χ0n) is 13.1. The second kappa shape index (κ2) is 5.92. The molecule has 3 aromatic rings. The molecule has 2 aromatic carbocycles. The number of benzene rings is 2. The van der Waals surface area contributed by atoms with Crippen LogP contribution in [-0.2, 0) is 19.3 Å². The Morgan fingerprint density at radius 1 is 1.09 bits per heavy atom. The van der Waals surface area contributed by atoms with Gasteiger partial charge in [-0.15, -0.1) is 0 Å². The van der Waals surface area contributed by atoms with Crippen molar-refractivity contribution in [3.05, 3.63) is 70.9 Å². The van der Waals surface area contributed by atoms with E-state index in [2.05, 4.69) is 34.6 Å². The topological polar surface area (TPSA) is 44.9 Å². The minimum atomic E-state index is 0.0274. The predicted molar refractivity (Wildman–Crippen MR) is 92.8 cm³/mol. The number of para-hydroxylation sites is 1. The van der Waals surface area contributed by atoms with Crippen molar-refractivity contribution in [1.29, 1.82) is 0 Å². The minimum absolute atomic E-state index is 0.0274. The second-order valence-corrected chi connectivity index (χ2v) is 6.20. The van der Waals surface area contributed by atoms with Gasteiger partial charge >= 0.3 is 0 Å². The molecule has 3 heteroatoms. The number of carbonyl (C=O) groups excluding carboxylic acids is 1. The van der Waals surface area contributed by atoms with E-state index in [4.69, 9.17) is 0 Å². The summed E-state index contributed by atoms with van der Waals surface area (Å²) in [5, 5.41) is 4.28. The number of H-pyrrole nitrogens is 1. The molecular formula is C20H20N2O. The largest absolute Gasteiger partial charge is 0.361 e. The maximum absolute atomic E-state index is 12.3. The molecule has 1 heterocycles. The molecule has 0 aliphatic heterocycles. The number of hydrogen-bond donors (Lipinski definition) is 2. The van der Waals surface area contributed by atoms with Gasteiger partial charge in [-0.25, -0.2) is 0 Å². The van der Waals surface area contributed by atoms with Crippen molar-refractivity contribution >= 4 is 16.8 Å². The summed E-state index contributed by atoms with van der Waals surface area (Å²) in [6, 6.07) is 14.4. The Kier molecular flexibility index (Phi) is 3.62. The summed E-state index contributed by atoms with van der Waals surface area (Å²) in [7, 11) is 0. The third-order valence-electron chi connectivity index (χ3n) is 4.72. The van der Waals surface area contributed by atoms with Crippen molar-refractivity contribution in [1.82, 2.24) is 10.3 Å². The van der Waals surface area contributed by atoms with Crippen molar-refractivity contribution in [2.24, 2.45) is 0 Å². The summed E-state index contributed by atoms with van der Waals surface area (Å²) in [5.74, 6) is 0.0274. The Morgan fingerprint density at radius 2 is 1.96 bits per heavy atom. The lowest BCUT2D eigenvalue weighted by atomic mass is 10.1. The SMILES string of the molecule is O=C(NCCc1c[nH]c2ccccc12)c1ccc2c(c1)CCC2. The molecule has 1 aromatic heterocycles. The molecule has 0 bridgehead atoms. The van der Waals surface area contributed by atoms with Crippen molar-refractivity contribution in [2.45, 2.75) is 25.7 Å². The van der Waals surface area contributed by atoms with Crippen molar-refractivity contribution < 1.29 is 4.79 Å². The Bertz CT molecular complexity index is 863. The molecule has 1 aliphatic carbocycles. The van der Waals surface area contributed by atoms with E-state index in [1.165, 1.54) is 28.5 Å². The molecule has 2 N–H and O–H groups in total. The van der Waals surface area contributed by atoms with Gasteiger partial charge in [0.15, 0.2) is 0 Å². The third kappa shape index (κ3) is 2.74. The van der Waals surface area contributed by atoms with E-state index in [1.807, 2.05) is 24.4 Å². The number of aromatic nitrogens is 1. The fourth-order valence-corrected chi connectivity index (χ4v) is 3.46. The highest BCUT2D eigenvalue weighted by Crippen LogP contribution is 2.23. The summed E-state index contributed by atoms with van der Waals surface area (Å²) in [5.41, 5.74) is 5.92. The van der Waals surface area contributed by atoms with Gasteiger partial charge in [-0.1, -0.05) is 24.3 Å². The number of rotatable bonds is 4. The van der Waals surface area contributed by atoms with E-state index >= 15 is 0 Å². The zero-order valence-corrected chi connectivity index (χ0v) is 13.1. The molecule has 0 atom stereocenters. The quantitative estimate of drug-likeness (QED) is 0.759. The van der Waals surface area contributed by atoms with Crippen molar-refractivity contribution in [3.63, 3.8) is 0 Å².